The summed E-state index contributed by atoms with van der Waals surface area (Å²) in [6.07, 6.45) is 1.36. The molecule has 1 aromatic heterocycles. The van der Waals surface area contributed by atoms with E-state index in [-0.39, 0.29) is 10.2 Å². The minimum absolute atomic E-state index is 0.205. The summed E-state index contributed by atoms with van der Waals surface area (Å²) in [7, 11) is 1.47. The number of ether oxygens (including phenoxy) is 1. The first-order valence-corrected chi connectivity index (χ1v) is 7.01. The van der Waals surface area contributed by atoms with Gasteiger partial charge in [-0.3, -0.25) is 4.90 Å². The number of hydrogen-bond acceptors (Lipinski definition) is 4. The lowest BCUT2D eigenvalue weighted by Crippen LogP contribution is -2.48. The van der Waals surface area contributed by atoms with Crippen molar-refractivity contribution in [3.8, 4) is 0 Å². The molecule has 0 bridgehead atoms. The van der Waals surface area contributed by atoms with Gasteiger partial charge in [-0.05, 0) is 33.8 Å². The molecular formula is C14H18Cl2N2O3. The van der Waals surface area contributed by atoms with Crippen LogP contribution in [-0.2, 0) is 15.1 Å². The summed E-state index contributed by atoms with van der Waals surface area (Å²) in [4.78, 5) is 28.9. The van der Waals surface area contributed by atoms with E-state index in [4.69, 9.17) is 27.9 Å². The molecule has 0 aromatic carbocycles. The van der Waals surface area contributed by atoms with Crippen molar-refractivity contribution in [3.05, 3.63) is 28.0 Å². The van der Waals surface area contributed by atoms with E-state index in [0.29, 0.717) is 11.8 Å². The zero-order chi connectivity index (χ0) is 16.4. The Hall–Kier alpha value is -1.33. The summed E-state index contributed by atoms with van der Waals surface area (Å²) in [6, 6.07) is 1.42. The number of likely N-dealkylation sites (N-methyl/N-ethyl adjacent to an activating group) is 1. The van der Waals surface area contributed by atoms with Gasteiger partial charge in [-0.15, -0.1) is 0 Å². The lowest BCUT2D eigenvalue weighted by Gasteiger charge is -2.35. The maximum Gasteiger partial charge on any atom is 0.411 e. The van der Waals surface area contributed by atoms with Crippen molar-refractivity contribution >= 4 is 35.6 Å². The Morgan fingerprint density at radius 2 is 1.90 bits per heavy atom. The van der Waals surface area contributed by atoms with Crippen molar-refractivity contribution < 1.29 is 14.3 Å². The van der Waals surface area contributed by atoms with Gasteiger partial charge in [-0.2, -0.15) is 0 Å². The first-order chi connectivity index (χ1) is 9.51. The van der Waals surface area contributed by atoms with Gasteiger partial charge in [0.25, 0.3) is 0 Å². The van der Waals surface area contributed by atoms with Crippen LogP contribution in [0.2, 0.25) is 10.2 Å². The fraction of sp³-hybridized carbons (Fsp3) is 0.500. The van der Waals surface area contributed by atoms with Crippen molar-refractivity contribution in [1.82, 2.24) is 9.88 Å². The lowest BCUT2D eigenvalue weighted by atomic mass is 9.93. The molecule has 0 aliphatic heterocycles. The van der Waals surface area contributed by atoms with Gasteiger partial charge in [-0.1, -0.05) is 23.2 Å². The molecule has 1 atom stereocenters. The van der Waals surface area contributed by atoms with E-state index in [2.05, 4.69) is 4.98 Å². The van der Waals surface area contributed by atoms with Gasteiger partial charge >= 0.3 is 6.09 Å². The number of rotatable bonds is 3. The molecule has 5 nitrogen and oxygen atoms in total. The Morgan fingerprint density at radius 1 is 1.33 bits per heavy atom. The van der Waals surface area contributed by atoms with E-state index >= 15 is 0 Å². The molecule has 1 aromatic rings. The average molecular weight is 333 g/mol. The van der Waals surface area contributed by atoms with Gasteiger partial charge in [0.15, 0.2) is 0 Å². The summed E-state index contributed by atoms with van der Waals surface area (Å²) in [5.74, 6) is 0. The van der Waals surface area contributed by atoms with E-state index in [1.54, 1.807) is 27.7 Å². The van der Waals surface area contributed by atoms with Crippen LogP contribution in [-0.4, -0.2) is 34.9 Å². The Morgan fingerprint density at radius 3 is 2.33 bits per heavy atom. The summed E-state index contributed by atoms with van der Waals surface area (Å²) in [5, 5.41) is 0.455. The molecule has 21 heavy (non-hydrogen) atoms. The van der Waals surface area contributed by atoms with Crippen LogP contribution in [0.1, 0.15) is 33.3 Å². The quantitative estimate of drug-likeness (QED) is 0.625. The molecule has 0 aliphatic carbocycles. The van der Waals surface area contributed by atoms with E-state index in [1.807, 2.05) is 0 Å². The molecule has 0 fully saturated rings. The minimum atomic E-state index is -1.31. The second-order valence-electron chi connectivity index (χ2n) is 5.79. The van der Waals surface area contributed by atoms with Gasteiger partial charge in [0, 0.05) is 18.8 Å². The number of amides is 1. The molecule has 116 valence electrons. The third kappa shape index (κ3) is 4.08. The Labute approximate surface area is 134 Å². The summed E-state index contributed by atoms with van der Waals surface area (Å²) in [6.45, 7) is 6.79. The van der Waals surface area contributed by atoms with Crippen molar-refractivity contribution in [1.29, 1.82) is 0 Å². The molecular weight excluding hydrogens is 315 g/mol. The number of halogens is 2. The fourth-order valence-corrected chi connectivity index (χ4v) is 2.18. The van der Waals surface area contributed by atoms with Gasteiger partial charge < -0.3 is 9.53 Å². The van der Waals surface area contributed by atoms with E-state index in [1.165, 1.54) is 24.2 Å². The number of aldehydes is 1. The standard InChI is InChI=1S/C14H18Cl2N2O3/c1-13(2,3)21-12(20)18(5)14(4,8-19)9-7-17-11(16)6-10(9)15/h6-8H,1-5H3. The molecule has 0 saturated carbocycles. The van der Waals surface area contributed by atoms with Gasteiger partial charge in [0.2, 0.25) is 0 Å². The predicted octanol–water partition coefficient (Wildman–Crippen LogP) is 3.67. The molecule has 0 N–H and O–H groups in total. The van der Waals surface area contributed by atoms with Crippen LogP contribution in [0.4, 0.5) is 4.79 Å². The van der Waals surface area contributed by atoms with E-state index < -0.39 is 17.2 Å². The molecule has 0 saturated heterocycles. The Balaban J connectivity index is 3.20. The highest BCUT2D eigenvalue weighted by Gasteiger charge is 2.38. The highest BCUT2D eigenvalue weighted by Crippen LogP contribution is 2.32. The predicted molar refractivity (Wildman–Crippen MR) is 81.7 cm³/mol. The van der Waals surface area contributed by atoms with Gasteiger partial charge in [0.1, 0.15) is 22.6 Å². The van der Waals surface area contributed by atoms with Crippen LogP contribution in [0.25, 0.3) is 0 Å². The summed E-state index contributed by atoms with van der Waals surface area (Å²) in [5.41, 5.74) is -1.61. The monoisotopic (exact) mass is 332 g/mol. The van der Waals surface area contributed by atoms with Crippen molar-refractivity contribution in [2.45, 2.75) is 38.8 Å². The molecule has 0 aliphatic rings. The van der Waals surface area contributed by atoms with Crippen molar-refractivity contribution in [2.75, 3.05) is 7.05 Å². The first-order valence-electron chi connectivity index (χ1n) is 6.26. The maximum atomic E-state index is 12.2. The molecule has 1 heterocycles. The second-order valence-corrected chi connectivity index (χ2v) is 6.59. The van der Waals surface area contributed by atoms with Crippen LogP contribution >= 0.6 is 23.2 Å². The van der Waals surface area contributed by atoms with Gasteiger partial charge in [0.05, 0.1) is 5.02 Å². The molecule has 1 unspecified atom stereocenters. The topological polar surface area (TPSA) is 59.5 Å². The normalized spacial score (nSPS) is 14.2. The Kier molecular flexibility index (Phi) is 5.23. The highest BCUT2D eigenvalue weighted by molar-refractivity contribution is 6.34. The van der Waals surface area contributed by atoms with E-state index in [0.717, 1.165) is 0 Å². The second kappa shape index (κ2) is 6.20. The third-order valence-electron chi connectivity index (χ3n) is 2.96. The lowest BCUT2D eigenvalue weighted by molar-refractivity contribution is -0.117. The van der Waals surface area contributed by atoms with Crippen LogP contribution in [0.5, 0.6) is 0 Å². The third-order valence-corrected chi connectivity index (χ3v) is 3.48. The summed E-state index contributed by atoms with van der Waals surface area (Å²) >= 11 is 11.9. The van der Waals surface area contributed by atoms with Gasteiger partial charge in [-0.25, -0.2) is 9.78 Å². The largest absolute Gasteiger partial charge is 0.444 e. The molecule has 1 amide bonds. The number of aromatic nitrogens is 1. The smallest absolute Gasteiger partial charge is 0.411 e. The zero-order valence-corrected chi connectivity index (χ0v) is 14.1. The van der Waals surface area contributed by atoms with Crippen LogP contribution < -0.4 is 0 Å². The zero-order valence-electron chi connectivity index (χ0n) is 12.6. The number of carbonyl (C=O) groups excluding carboxylic acids is 2. The highest BCUT2D eigenvalue weighted by atomic mass is 35.5. The number of nitrogens with zero attached hydrogens (tertiary/aromatic N) is 2. The minimum Gasteiger partial charge on any atom is -0.444 e. The Bertz CT molecular complexity index is 558. The molecule has 0 radical (unpaired) electrons. The number of carbonyl (C=O) groups is 2. The van der Waals surface area contributed by atoms with Crippen LogP contribution in [0.15, 0.2) is 12.3 Å². The average Bonchev–Trinajstić information content (AvgIpc) is 2.34. The maximum absolute atomic E-state index is 12.2. The van der Waals surface area contributed by atoms with Crippen molar-refractivity contribution in [2.24, 2.45) is 0 Å². The summed E-state index contributed by atoms with van der Waals surface area (Å²) < 4.78 is 5.27. The molecule has 1 rings (SSSR count). The van der Waals surface area contributed by atoms with Crippen LogP contribution in [0.3, 0.4) is 0 Å². The number of hydrogen-bond donors (Lipinski definition) is 0. The molecule has 7 heteroatoms. The fourth-order valence-electron chi connectivity index (χ4n) is 1.62. The van der Waals surface area contributed by atoms with Crippen LogP contribution in [0, 0.1) is 0 Å². The first kappa shape index (κ1) is 17.7. The molecule has 0 spiro atoms. The SMILES string of the molecule is CN(C(=O)OC(C)(C)C)C(C)(C=O)c1cnc(Cl)cc1Cl. The van der Waals surface area contributed by atoms with Crippen molar-refractivity contribution in [3.63, 3.8) is 0 Å². The number of pyridine rings is 1. The van der Waals surface area contributed by atoms with E-state index in [9.17, 15) is 9.59 Å².